The van der Waals surface area contributed by atoms with Crippen molar-refractivity contribution < 1.29 is 4.79 Å². The standard InChI is InChI=1S/C14H20N4O/c1-3-16-9-11-10-18(8-6-13(19)15-2)14-12(11)5-4-7-17-14/h4-5,7,10,16H,3,6,8-9H2,1-2H3,(H,15,19). The van der Waals surface area contributed by atoms with Crippen LogP contribution in [0.15, 0.2) is 24.5 Å². The first kappa shape index (κ1) is 13.5. The van der Waals surface area contributed by atoms with Crippen molar-refractivity contribution in [1.29, 1.82) is 0 Å². The highest BCUT2D eigenvalue weighted by Crippen LogP contribution is 2.19. The van der Waals surface area contributed by atoms with Gasteiger partial charge >= 0.3 is 0 Å². The number of aryl methyl sites for hydroxylation is 1. The van der Waals surface area contributed by atoms with Crippen LogP contribution < -0.4 is 10.6 Å². The summed E-state index contributed by atoms with van der Waals surface area (Å²) in [6, 6.07) is 4.02. The zero-order valence-electron chi connectivity index (χ0n) is 11.4. The average molecular weight is 260 g/mol. The first-order valence-electron chi connectivity index (χ1n) is 6.60. The van der Waals surface area contributed by atoms with Crippen molar-refractivity contribution in [1.82, 2.24) is 20.2 Å². The maximum atomic E-state index is 11.3. The Bertz CT molecular complexity index is 562. The van der Waals surface area contributed by atoms with Crippen molar-refractivity contribution in [2.45, 2.75) is 26.4 Å². The van der Waals surface area contributed by atoms with Crippen LogP contribution in [0.1, 0.15) is 18.9 Å². The summed E-state index contributed by atoms with van der Waals surface area (Å²) < 4.78 is 2.05. The zero-order chi connectivity index (χ0) is 13.7. The van der Waals surface area contributed by atoms with E-state index in [2.05, 4.69) is 39.4 Å². The van der Waals surface area contributed by atoms with Crippen molar-refractivity contribution in [3.63, 3.8) is 0 Å². The third-order valence-corrected chi connectivity index (χ3v) is 3.14. The van der Waals surface area contributed by atoms with Crippen LogP contribution in [-0.2, 0) is 17.9 Å². The molecule has 0 aliphatic heterocycles. The number of nitrogens with zero attached hydrogens (tertiary/aromatic N) is 2. The summed E-state index contributed by atoms with van der Waals surface area (Å²) in [6.45, 7) is 4.50. The van der Waals surface area contributed by atoms with Crippen LogP contribution >= 0.6 is 0 Å². The van der Waals surface area contributed by atoms with Gasteiger partial charge in [-0.1, -0.05) is 6.92 Å². The summed E-state index contributed by atoms with van der Waals surface area (Å²) in [5, 5.41) is 7.12. The minimum Gasteiger partial charge on any atom is -0.359 e. The Hall–Kier alpha value is -1.88. The molecule has 0 aromatic carbocycles. The number of carbonyl (C=O) groups is 1. The Kier molecular flexibility index (Phi) is 4.52. The van der Waals surface area contributed by atoms with Gasteiger partial charge in [0.25, 0.3) is 0 Å². The summed E-state index contributed by atoms with van der Waals surface area (Å²) in [7, 11) is 1.66. The van der Waals surface area contributed by atoms with Crippen LogP contribution in [0.4, 0.5) is 0 Å². The molecule has 0 aliphatic rings. The van der Waals surface area contributed by atoms with E-state index >= 15 is 0 Å². The molecule has 2 aromatic rings. The van der Waals surface area contributed by atoms with Crippen molar-refractivity contribution in [3.8, 4) is 0 Å². The minimum absolute atomic E-state index is 0.0472. The first-order chi connectivity index (χ1) is 9.26. The summed E-state index contributed by atoms with van der Waals surface area (Å²) in [5.74, 6) is 0.0472. The number of carbonyl (C=O) groups excluding carboxylic acids is 1. The molecule has 19 heavy (non-hydrogen) atoms. The van der Waals surface area contributed by atoms with Crippen LogP contribution in [-0.4, -0.2) is 29.1 Å². The highest BCUT2D eigenvalue weighted by atomic mass is 16.1. The summed E-state index contributed by atoms with van der Waals surface area (Å²) in [6.07, 6.45) is 4.34. The van der Waals surface area contributed by atoms with E-state index in [0.29, 0.717) is 13.0 Å². The molecule has 0 saturated heterocycles. The fourth-order valence-electron chi connectivity index (χ4n) is 2.11. The molecule has 0 aliphatic carbocycles. The maximum absolute atomic E-state index is 11.3. The number of rotatable bonds is 6. The molecule has 0 unspecified atom stereocenters. The second-order valence-corrected chi connectivity index (χ2v) is 4.43. The highest BCUT2D eigenvalue weighted by Gasteiger charge is 2.09. The third kappa shape index (κ3) is 3.12. The van der Waals surface area contributed by atoms with Crippen LogP contribution in [0.3, 0.4) is 0 Å². The quantitative estimate of drug-likeness (QED) is 0.822. The number of hydrogen-bond acceptors (Lipinski definition) is 3. The molecule has 0 bridgehead atoms. The van der Waals surface area contributed by atoms with Gasteiger partial charge in [-0.05, 0) is 24.2 Å². The van der Waals surface area contributed by atoms with Crippen LogP contribution in [0.5, 0.6) is 0 Å². The third-order valence-electron chi connectivity index (χ3n) is 3.14. The van der Waals surface area contributed by atoms with Crippen LogP contribution in [0.2, 0.25) is 0 Å². The molecule has 2 rings (SSSR count). The summed E-state index contributed by atoms with van der Waals surface area (Å²) in [5.41, 5.74) is 2.17. The number of aromatic nitrogens is 2. The second-order valence-electron chi connectivity index (χ2n) is 4.43. The molecule has 0 saturated carbocycles. The van der Waals surface area contributed by atoms with E-state index in [-0.39, 0.29) is 5.91 Å². The molecule has 2 aromatic heterocycles. The van der Waals surface area contributed by atoms with E-state index < -0.39 is 0 Å². The van der Waals surface area contributed by atoms with Gasteiger partial charge < -0.3 is 15.2 Å². The van der Waals surface area contributed by atoms with Gasteiger partial charge in [0.15, 0.2) is 0 Å². The van der Waals surface area contributed by atoms with E-state index in [4.69, 9.17) is 0 Å². The molecule has 1 amide bonds. The summed E-state index contributed by atoms with van der Waals surface area (Å²) >= 11 is 0. The predicted octanol–water partition coefficient (Wildman–Crippen LogP) is 1.28. The van der Waals surface area contributed by atoms with E-state index in [9.17, 15) is 4.79 Å². The van der Waals surface area contributed by atoms with Crippen molar-refractivity contribution in [2.75, 3.05) is 13.6 Å². The van der Waals surface area contributed by atoms with Crippen molar-refractivity contribution in [3.05, 3.63) is 30.1 Å². The van der Waals surface area contributed by atoms with Crippen LogP contribution in [0.25, 0.3) is 11.0 Å². The lowest BCUT2D eigenvalue weighted by atomic mass is 10.2. The lowest BCUT2D eigenvalue weighted by Gasteiger charge is -2.03. The molecule has 2 N–H and O–H groups in total. The Morgan fingerprint density at radius 2 is 2.32 bits per heavy atom. The Morgan fingerprint density at radius 3 is 3.05 bits per heavy atom. The number of hydrogen-bond donors (Lipinski definition) is 2. The molecule has 2 heterocycles. The van der Waals surface area contributed by atoms with Gasteiger partial charge in [0, 0.05) is 44.3 Å². The molecule has 0 spiro atoms. The lowest BCUT2D eigenvalue weighted by molar-refractivity contribution is -0.120. The van der Waals surface area contributed by atoms with Gasteiger partial charge in [-0.3, -0.25) is 4.79 Å². The molecular weight excluding hydrogens is 240 g/mol. The van der Waals surface area contributed by atoms with Gasteiger partial charge in [-0.15, -0.1) is 0 Å². The van der Waals surface area contributed by atoms with Crippen LogP contribution in [0, 0.1) is 0 Å². The average Bonchev–Trinajstić information content (AvgIpc) is 2.81. The highest BCUT2D eigenvalue weighted by molar-refractivity contribution is 5.81. The van der Waals surface area contributed by atoms with E-state index in [0.717, 1.165) is 24.1 Å². The Labute approximate surface area is 113 Å². The molecule has 0 atom stereocenters. The predicted molar refractivity (Wildman–Crippen MR) is 75.8 cm³/mol. The van der Waals surface area contributed by atoms with E-state index in [1.807, 2.05) is 6.07 Å². The van der Waals surface area contributed by atoms with E-state index in [1.165, 1.54) is 5.56 Å². The molecule has 102 valence electrons. The molecule has 5 heteroatoms. The number of pyridine rings is 1. The monoisotopic (exact) mass is 260 g/mol. The fourth-order valence-corrected chi connectivity index (χ4v) is 2.11. The van der Waals surface area contributed by atoms with Gasteiger partial charge in [-0.2, -0.15) is 0 Å². The molecule has 0 radical (unpaired) electrons. The molecular formula is C14H20N4O. The maximum Gasteiger partial charge on any atom is 0.221 e. The van der Waals surface area contributed by atoms with Gasteiger partial charge in [-0.25, -0.2) is 4.98 Å². The lowest BCUT2D eigenvalue weighted by Crippen LogP contribution is -2.19. The van der Waals surface area contributed by atoms with Gasteiger partial charge in [0.05, 0.1) is 0 Å². The largest absolute Gasteiger partial charge is 0.359 e. The molecule has 5 nitrogen and oxygen atoms in total. The fraction of sp³-hybridized carbons (Fsp3) is 0.429. The van der Waals surface area contributed by atoms with E-state index in [1.54, 1.807) is 13.2 Å². The SMILES string of the molecule is CCNCc1cn(CCC(=O)NC)c2ncccc12. The van der Waals surface area contributed by atoms with Crippen molar-refractivity contribution >= 4 is 16.9 Å². The Balaban J connectivity index is 2.25. The smallest absolute Gasteiger partial charge is 0.221 e. The topological polar surface area (TPSA) is 59.0 Å². The van der Waals surface area contributed by atoms with Gasteiger partial charge in [0.1, 0.15) is 5.65 Å². The minimum atomic E-state index is 0.0472. The zero-order valence-corrected chi connectivity index (χ0v) is 11.4. The number of nitrogens with one attached hydrogen (secondary N) is 2. The number of fused-ring (bicyclic) bond motifs is 1. The normalized spacial score (nSPS) is 10.8. The second kappa shape index (κ2) is 6.33. The Morgan fingerprint density at radius 1 is 1.47 bits per heavy atom. The first-order valence-corrected chi connectivity index (χ1v) is 6.60. The number of amides is 1. The molecule has 0 fully saturated rings. The van der Waals surface area contributed by atoms with Crippen molar-refractivity contribution in [2.24, 2.45) is 0 Å². The summed E-state index contributed by atoms with van der Waals surface area (Å²) in [4.78, 5) is 15.8. The van der Waals surface area contributed by atoms with Gasteiger partial charge in [0.2, 0.25) is 5.91 Å².